The number of hydrogen-bond donors (Lipinski definition) is 1. The first-order chi connectivity index (χ1) is 7.74. The average Bonchev–Trinajstić information content (AvgIpc) is 2.83. The van der Waals surface area contributed by atoms with Crippen LogP contribution in [-0.2, 0) is 27.1 Å². The van der Waals surface area contributed by atoms with Gasteiger partial charge in [-0.25, -0.2) is 0 Å². The van der Waals surface area contributed by atoms with Gasteiger partial charge in [-0.3, -0.25) is 9.36 Å². The predicted molar refractivity (Wildman–Crippen MR) is 61.8 cm³/mol. The molecule has 2 heterocycles. The van der Waals surface area contributed by atoms with E-state index in [1.54, 1.807) is 0 Å². The Morgan fingerprint density at radius 3 is 2.25 bits per heavy atom. The van der Waals surface area contributed by atoms with E-state index in [1.807, 2.05) is 48.2 Å². The maximum Gasteiger partial charge on any atom is 0.0534 e. The van der Waals surface area contributed by atoms with Crippen LogP contribution >= 0.6 is 0 Å². The van der Waals surface area contributed by atoms with E-state index in [4.69, 9.17) is 0 Å². The molecule has 1 N–H and O–H groups in total. The molecule has 0 fully saturated rings. The number of aromatic nitrogens is 4. The van der Waals surface area contributed by atoms with Crippen LogP contribution in [0.5, 0.6) is 0 Å². The van der Waals surface area contributed by atoms with Gasteiger partial charge in [-0.2, -0.15) is 10.2 Å². The summed E-state index contributed by atoms with van der Waals surface area (Å²) in [6, 6.07) is 0. The summed E-state index contributed by atoms with van der Waals surface area (Å²) in [7, 11) is 3.87. The fourth-order valence-electron chi connectivity index (χ4n) is 1.63. The number of aryl methyl sites for hydroxylation is 2. The molecule has 0 spiro atoms. The lowest BCUT2D eigenvalue weighted by atomic mass is 10.2. The summed E-state index contributed by atoms with van der Waals surface area (Å²) in [5, 5.41) is 11.6. The van der Waals surface area contributed by atoms with Crippen LogP contribution in [0.4, 0.5) is 0 Å². The van der Waals surface area contributed by atoms with Gasteiger partial charge in [0.25, 0.3) is 0 Å². The molecule has 0 unspecified atom stereocenters. The van der Waals surface area contributed by atoms with Gasteiger partial charge in [0.15, 0.2) is 0 Å². The molecule has 86 valence electrons. The summed E-state index contributed by atoms with van der Waals surface area (Å²) >= 11 is 0. The Hall–Kier alpha value is -1.62. The van der Waals surface area contributed by atoms with Crippen molar-refractivity contribution in [2.45, 2.75) is 13.0 Å². The first-order valence-corrected chi connectivity index (χ1v) is 5.40. The minimum atomic E-state index is 0.869. The second-order valence-electron chi connectivity index (χ2n) is 3.97. The Bertz CT molecular complexity index is 400. The van der Waals surface area contributed by atoms with Crippen molar-refractivity contribution >= 4 is 0 Å². The molecule has 2 aromatic heterocycles. The van der Waals surface area contributed by atoms with Gasteiger partial charge in [0, 0.05) is 38.6 Å². The number of nitrogens with zero attached hydrogens (tertiary/aromatic N) is 4. The van der Waals surface area contributed by atoms with E-state index in [9.17, 15) is 0 Å². The molecule has 2 rings (SSSR count). The molecule has 0 aliphatic carbocycles. The van der Waals surface area contributed by atoms with Crippen molar-refractivity contribution in [2.24, 2.45) is 14.1 Å². The fourth-order valence-corrected chi connectivity index (χ4v) is 1.63. The molecule has 0 amide bonds. The van der Waals surface area contributed by atoms with E-state index in [-0.39, 0.29) is 0 Å². The summed E-state index contributed by atoms with van der Waals surface area (Å²) in [6.07, 6.45) is 8.87. The van der Waals surface area contributed by atoms with Crippen molar-refractivity contribution in [3.63, 3.8) is 0 Å². The Morgan fingerprint density at radius 2 is 1.69 bits per heavy atom. The van der Waals surface area contributed by atoms with E-state index in [0.29, 0.717) is 0 Å². The molecule has 0 saturated carbocycles. The van der Waals surface area contributed by atoms with Gasteiger partial charge in [-0.05, 0) is 18.5 Å². The summed E-state index contributed by atoms with van der Waals surface area (Å²) in [6.45, 7) is 1.83. The summed E-state index contributed by atoms with van der Waals surface area (Å²) < 4.78 is 3.65. The van der Waals surface area contributed by atoms with Gasteiger partial charge < -0.3 is 5.32 Å². The van der Waals surface area contributed by atoms with Gasteiger partial charge in [0.1, 0.15) is 0 Å². The maximum absolute atomic E-state index is 4.13. The van der Waals surface area contributed by atoms with Crippen LogP contribution in [0.3, 0.4) is 0 Å². The van der Waals surface area contributed by atoms with Crippen LogP contribution in [0.15, 0.2) is 24.8 Å². The van der Waals surface area contributed by atoms with Gasteiger partial charge in [0.2, 0.25) is 0 Å². The van der Waals surface area contributed by atoms with E-state index in [1.165, 1.54) is 11.1 Å². The number of rotatable bonds is 5. The van der Waals surface area contributed by atoms with Gasteiger partial charge in [-0.1, -0.05) is 0 Å². The lowest BCUT2D eigenvalue weighted by Gasteiger charge is -2.00. The maximum atomic E-state index is 4.13. The van der Waals surface area contributed by atoms with Crippen molar-refractivity contribution in [1.29, 1.82) is 0 Å². The lowest BCUT2D eigenvalue weighted by molar-refractivity contribution is 0.685. The minimum absolute atomic E-state index is 0.869. The van der Waals surface area contributed by atoms with E-state index in [0.717, 1.165) is 19.5 Å². The third kappa shape index (κ3) is 2.93. The topological polar surface area (TPSA) is 47.7 Å². The van der Waals surface area contributed by atoms with Crippen LogP contribution < -0.4 is 5.32 Å². The van der Waals surface area contributed by atoms with Crippen LogP contribution in [-0.4, -0.2) is 26.1 Å². The molecule has 0 atom stereocenters. The molecule has 16 heavy (non-hydrogen) atoms. The lowest BCUT2D eigenvalue weighted by Crippen LogP contribution is -2.16. The second-order valence-corrected chi connectivity index (χ2v) is 3.97. The Labute approximate surface area is 95.1 Å². The fraction of sp³-hybridized carbons (Fsp3) is 0.455. The summed E-state index contributed by atoms with van der Waals surface area (Å²) in [5.41, 5.74) is 2.48. The van der Waals surface area contributed by atoms with Crippen molar-refractivity contribution in [3.8, 4) is 0 Å². The highest BCUT2D eigenvalue weighted by Gasteiger charge is 1.97. The quantitative estimate of drug-likeness (QED) is 0.744. The molecule has 2 aromatic rings. The third-order valence-electron chi connectivity index (χ3n) is 2.44. The van der Waals surface area contributed by atoms with Gasteiger partial charge in [0.05, 0.1) is 12.4 Å². The molecule has 5 heteroatoms. The Kier molecular flexibility index (Phi) is 3.36. The molecular formula is C11H17N5. The van der Waals surface area contributed by atoms with Gasteiger partial charge in [-0.15, -0.1) is 0 Å². The Balaban J connectivity index is 1.69. The standard InChI is InChI=1S/C11H17N5/c1-15-8-10(6-13-15)3-4-12-5-11-7-14-16(2)9-11/h6-9,12H,3-5H2,1-2H3. The normalized spacial score (nSPS) is 10.9. The number of hydrogen-bond acceptors (Lipinski definition) is 3. The van der Waals surface area contributed by atoms with Crippen LogP contribution in [0.1, 0.15) is 11.1 Å². The highest BCUT2D eigenvalue weighted by atomic mass is 15.2. The van der Waals surface area contributed by atoms with Gasteiger partial charge >= 0.3 is 0 Å². The van der Waals surface area contributed by atoms with Crippen molar-refractivity contribution in [1.82, 2.24) is 24.9 Å². The molecule has 5 nitrogen and oxygen atoms in total. The zero-order valence-electron chi connectivity index (χ0n) is 9.72. The monoisotopic (exact) mass is 219 g/mol. The first-order valence-electron chi connectivity index (χ1n) is 5.40. The molecule has 0 radical (unpaired) electrons. The van der Waals surface area contributed by atoms with Crippen LogP contribution in [0.25, 0.3) is 0 Å². The van der Waals surface area contributed by atoms with E-state index < -0.39 is 0 Å². The van der Waals surface area contributed by atoms with Crippen molar-refractivity contribution in [3.05, 3.63) is 35.9 Å². The molecule has 0 aromatic carbocycles. The molecule has 0 aliphatic rings. The molecule has 0 bridgehead atoms. The zero-order chi connectivity index (χ0) is 11.4. The van der Waals surface area contributed by atoms with Crippen LogP contribution in [0, 0.1) is 0 Å². The first kappa shape index (κ1) is 10.9. The molecule has 0 aliphatic heterocycles. The summed E-state index contributed by atoms with van der Waals surface area (Å²) in [4.78, 5) is 0. The minimum Gasteiger partial charge on any atom is -0.312 e. The van der Waals surface area contributed by atoms with Crippen molar-refractivity contribution < 1.29 is 0 Å². The third-order valence-corrected chi connectivity index (χ3v) is 2.44. The zero-order valence-corrected chi connectivity index (χ0v) is 9.72. The molecular weight excluding hydrogens is 202 g/mol. The second kappa shape index (κ2) is 4.94. The van der Waals surface area contributed by atoms with E-state index in [2.05, 4.69) is 15.5 Å². The average molecular weight is 219 g/mol. The van der Waals surface area contributed by atoms with E-state index >= 15 is 0 Å². The SMILES string of the molecule is Cn1cc(CCNCc2cnn(C)c2)cn1. The largest absolute Gasteiger partial charge is 0.312 e. The smallest absolute Gasteiger partial charge is 0.0534 e. The van der Waals surface area contributed by atoms with Crippen LogP contribution in [0.2, 0.25) is 0 Å². The number of nitrogens with one attached hydrogen (secondary N) is 1. The highest BCUT2D eigenvalue weighted by molar-refractivity contribution is 5.05. The molecule has 0 saturated heterocycles. The highest BCUT2D eigenvalue weighted by Crippen LogP contribution is 1.98. The Morgan fingerprint density at radius 1 is 1.06 bits per heavy atom. The predicted octanol–water partition coefficient (Wildman–Crippen LogP) is 0.486. The van der Waals surface area contributed by atoms with Crippen molar-refractivity contribution in [2.75, 3.05) is 6.54 Å². The summed E-state index contributed by atoms with van der Waals surface area (Å²) in [5.74, 6) is 0.